The molecule has 0 aliphatic heterocycles. The lowest BCUT2D eigenvalue weighted by molar-refractivity contribution is -0.885. The summed E-state index contributed by atoms with van der Waals surface area (Å²) >= 11 is 0. The third kappa shape index (κ3) is 5.10. The SMILES string of the molecule is CC(=O)c1ccc(NC(=O)[C@H](C)[NH+](C)CC(=O)Nc2cccc3ccccc23)cc1. The van der Waals surface area contributed by atoms with E-state index in [-0.39, 0.29) is 24.1 Å². The van der Waals surface area contributed by atoms with Gasteiger partial charge in [-0.3, -0.25) is 14.4 Å². The molecule has 3 aromatic rings. The summed E-state index contributed by atoms with van der Waals surface area (Å²) in [5, 5.41) is 7.82. The van der Waals surface area contributed by atoms with Gasteiger partial charge in [-0.25, -0.2) is 0 Å². The van der Waals surface area contributed by atoms with Crippen LogP contribution in [-0.4, -0.2) is 37.2 Å². The average Bonchev–Trinajstić information content (AvgIpc) is 2.73. The van der Waals surface area contributed by atoms with Crippen LogP contribution < -0.4 is 15.5 Å². The van der Waals surface area contributed by atoms with E-state index in [0.29, 0.717) is 11.3 Å². The molecule has 0 bridgehead atoms. The van der Waals surface area contributed by atoms with Gasteiger partial charge in [-0.2, -0.15) is 0 Å². The molecule has 0 saturated carbocycles. The Balaban J connectivity index is 1.58. The second-order valence-electron chi connectivity index (χ2n) is 7.44. The molecular weight excluding hydrogens is 378 g/mol. The van der Waals surface area contributed by atoms with Crippen LogP contribution in [-0.2, 0) is 9.59 Å². The molecule has 1 unspecified atom stereocenters. The van der Waals surface area contributed by atoms with Gasteiger partial charge >= 0.3 is 0 Å². The van der Waals surface area contributed by atoms with Crippen LogP contribution in [0.5, 0.6) is 0 Å². The van der Waals surface area contributed by atoms with E-state index in [1.165, 1.54) is 6.92 Å². The first-order valence-corrected chi connectivity index (χ1v) is 9.87. The number of carbonyl (C=O) groups excluding carboxylic acids is 3. The molecule has 0 radical (unpaired) electrons. The molecule has 3 rings (SSSR count). The lowest BCUT2D eigenvalue weighted by Gasteiger charge is -2.21. The highest BCUT2D eigenvalue weighted by Gasteiger charge is 2.24. The van der Waals surface area contributed by atoms with Crippen molar-refractivity contribution in [3.8, 4) is 0 Å². The van der Waals surface area contributed by atoms with Gasteiger partial charge in [0.2, 0.25) is 0 Å². The molecule has 0 aromatic heterocycles. The van der Waals surface area contributed by atoms with Crippen molar-refractivity contribution in [1.82, 2.24) is 0 Å². The predicted octanol–water partition coefficient (Wildman–Crippen LogP) is 2.52. The van der Waals surface area contributed by atoms with Crippen molar-refractivity contribution >= 4 is 39.7 Å². The summed E-state index contributed by atoms with van der Waals surface area (Å²) in [5.41, 5.74) is 1.97. The number of fused-ring (bicyclic) bond motifs is 1. The van der Waals surface area contributed by atoms with Gasteiger partial charge in [0, 0.05) is 22.3 Å². The molecule has 0 aliphatic carbocycles. The van der Waals surface area contributed by atoms with Gasteiger partial charge in [-0.05, 0) is 49.6 Å². The first-order chi connectivity index (χ1) is 14.3. The van der Waals surface area contributed by atoms with Crippen molar-refractivity contribution in [2.45, 2.75) is 19.9 Å². The Bertz CT molecular complexity index is 1070. The predicted molar refractivity (Wildman–Crippen MR) is 119 cm³/mol. The number of quaternary nitrogens is 1. The summed E-state index contributed by atoms with van der Waals surface area (Å²) in [6, 6.07) is 19.9. The highest BCUT2D eigenvalue weighted by molar-refractivity contribution is 6.02. The monoisotopic (exact) mass is 404 g/mol. The number of rotatable bonds is 7. The van der Waals surface area contributed by atoms with E-state index in [1.54, 1.807) is 31.2 Å². The molecule has 2 atom stereocenters. The van der Waals surface area contributed by atoms with Crippen molar-refractivity contribution < 1.29 is 19.3 Å². The largest absolute Gasteiger partial charge is 0.321 e. The summed E-state index contributed by atoms with van der Waals surface area (Å²) in [7, 11) is 1.81. The fourth-order valence-corrected chi connectivity index (χ4v) is 3.20. The van der Waals surface area contributed by atoms with Crippen LogP contribution in [0.2, 0.25) is 0 Å². The summed E-state index contributed by atoms with van der Waals surface area (Å²) in [4.78, 5) is 37.2. The van der Waals surface area contributed by atoms with Gasteiger partial charge in [0.1, 0.15) is 0 Å². The van der Waals surface area contributed by atoms with E-state index in [4.69, 9.17) is 0 Å². The third-order valence-electron chi connectivity index (χ3n) is 5.19. The van der Waals surface area contributed by atoms with Crippen molar-refractivity contribution in [3.05, 3.63) is 72.3 Å². The molecule has 6 nitrogen and oxygen atoms in total. The van der Waals surface area contributed by atoms with Crippen molar-refractivity contribution in [2.24, 2.45) is 0 Å². The van der Waals surface area contributed by atoms with Gasteiger partial charge < -0.3 is 15.5 Å². The Hall–Kier alpha value is -3.51. The van der Waals surface area contributed by atoms with Crippen LogP contribution in [0.1, 0.15) is 24.2 Å². The van der Waals surface area contributed by atoms with E-state index in [0.717, 1.165) is 21.4 Å². The molecule has 3 aromatic carbocycles. The zero-order chi connectivity index (χ0) is 21.7. The molecule has 2 amide bonds. The van der Waals surface area contributed by atoms with Crippen LogP contribution in [0.25, 0.3) is 10.8 Å². The highest BCUT2D eigenvalue weighted by Crippen LogP contribution is 2.22. The topological polar surface area (TPSA) is 79.7 Å². The Morgan fingerprint density at radius 2 is 1.57 bits per heavy atom. The highest BCUT2D eigenvalue weighted by atomic mass is 16.2. The van der Waals surface area contributed by atoms with Crippen molar-refractivity contribution in [2.75, 3.05) is 24.2 Å². The number of hydrogen-bond donors (Lipinski definition) is 3. The molecule has 0 aliphatic rings. The zero-order valence-electron chi connectivity index (χ0n) is 17.4. The van der Waals surface area contributed by atoms with Crippen molar-refractivity contribution in [3.63, 3.8) is 0 Å². The van der Waals surface area contributed by atoms with Gasteiger partial charge in [0.25, 0.3) is 11.8 Å². The Kier molecular flexibility index (Phi) is 6.59. The minimum Gasteiger partial charge on any atom is -0.321 e. The summed E-state index contributed by atoms with van der Waals surface area (Å²) in [5.74, 6) is -0.377. The number of Topliss-reactive ketones (excluding diaryl/α,β-unsaturated/α-hetero) is 1. The number of likely N-dealkylation sites (N-methyl/N-ethyl adjacent to an activating group) is 1. The first kappa shape index (κ1) is 21.2. The van der Waals surface area contributed by atoms with Gasteiger partial charge in [-0.1, -0.05) is 36.4 Å². The number of nitrogens with one attached hydrogen (secondary N) is 3. The van der Waals surface area contributed by atoms with E-state index < -0.39 is 6.04 Å². The van der Waals surface area contributed by atoms with Crippen LogP contribution in [0.4, 0.5) is 11.4 Å². The minimum atomic E-state index is -0.434. The lowest BCUT2D eigenvalue weighted by atomic mass is 10.1. The smallest absolute Gasteiger partial charge is 0.282 e. The quantitative estimate of drug-likeness (QED) is 0.530. The lowest BCUT2D eigenvalue weighted by Crippen LogP contribution is -3.14. The normalized spacial score (nSPS) is 12.8. The number of anilines is 2. The maximum atomic E-state index is 12.6. The summed E-state index contributed by atoms with van der Waals surface area (Å²) in [6.45, 7) is 3.43. The van der Waals surface area contributed by atoms with Crippen LogP contribution >= 0.6 is 0 Å². The molecule has 0 spiro atoms. The minimum absolute atomic E-state index is 0.0253. The van der Waals surface area contributed by atoms with E-state index in [2.05, 4.69) is 10.6 Å². The second-order valence-corrected chi connectivity index (χ2v) is 7.44. The molecule has 154 valence electrons. The third-order valence-corrected chi connectivity index (χ3v) is 5.19. The van der Waals surface area contributed by atoms with E-state index in [9.17, 15) is 14.4 Å². The van der Waals surface area contributed by atoms with Crippen LogP contribution in [0.15, 0.2) is 66.7 Å². The first-order valence-electron chi connectivity index (χ1n) is 9.87. The summed E-state index contributed by atoms with van der Waals surface area (Å²) in [6.07, 6.45) is 0. The Labute approximate surface area is 175 Å². The maximum Gasteiger partial charge on any atom is 0.282 e. The standard InChI is InChI=1S/C24H25N3O3/c1-16(24(30)25-20-13-11-18(12-14-20)17(2)28)27(3)15-23(29)26-22-10-6-8-19-7-4-5-9-21(19)22/h4-14,16H,15H2,1-3H3,(H,25,30)(H,26,29)/p+1/t16-/m0/s1. The average molecular weight is 404 g/mol. The number of carbonyl (C=O) groups is 3. The fraction of sp³-hybridized carbons (Fsp3) is 0.208. The molecule has 0 heterocycles. The van der Waals surface area contributed by atoms with Crippen molar-refractivity contribution in [1.29, 1.82) is 0 Å². The molecular formula is C24H26N3O3+. The molecule has 0 saturated heterocycles. The van der Waals surface area contributed by atoms with Gasteiger partial charge in [-0.15, -0.1) is 0 Å². The van der Waals surface area contributed by atoms with Gasteiger partial charge in [0.15, 0.2) is 18.4 Å². The molecule has 30 heavy (non-hydrogen) atoms. The van der Waals surface area contributed by atoms with E-state index >= 15 is 0 Å². The number of amides is 2. The summed E-state index contributed by atoms with van der Waals surface area (Å²) < 4.78 is 0. The number of hydrogen-bond acceptors (Lipinski definition) is 3. The Morgan fingerprint density at radius 1 is 0.900 bits per heavy atom. The van der Waals surface area contributed by atoms with Crippen LogP contribution in [0, 0.1) is 0 Å². The fourth-order valence-electron chi connectivity index (χ4n) is 3.20. The van der Waals surface area contributed by atoms with Gasteiger partial charge in [0.05, 0.1) is 7.05 Å². The van der Waals surface area contributed by atoms with Crippen LogP contribution in [0.3, 0.4) is 0 Å². The number of ketones is 1. The second kappa shape index (κ2) is 9.33. The Morgan fingerprint density at radius 3 is 2.27 bits per heavy atom. The molecule has 3 N–H and O–H groups in total. The molecule has 6 heteroatoms. The maximum absolute atomic E-state index is 12.6. The van der Waals surface area contributed by atoms with E-state index in [1.807, 2.05) is 49.5 Å². The number of benzene rings is 3. The molecule has 0 fully saturated rings. The zero-order valence-corrected chi connectivity index (χ0v) is 17.4.